The number of hydrogen-bond acceptors (Lipinski definition) is 4. The van der Waals surface area contributed by atoms with Crippen molar-refractivity contribution in [2.24, 2.45) is 5.41 Å². The van der Waals surface area contributed by atoms with Crippen molar-refractivity contribution in [2.45, 2.75) is 26.3 Å². The van der Waals surface area contributed by atoms with Gasteiger partial charge in [-0.1, -0.05) is 0 Å². The monoisotopic (exact) mass is 317 g/mol. The topological polar surface area (TPSA) is 93.5 Å². The summed E-state index contributed by atoms with van der Waals surface area (Å²) in [5, 5.41) is 17.5. The summed E-state index contributed by atoms with van der Waals surface area (Å²) < 4.78 is 7.02. The number of ether oxygens (including phenoxy) is 1. The minimum atomic E-state index is -1.42. The normalized spacial score (nSPS) is 17.1. The third kappa shape index (κ3) is 2.68. The zero-order valence-corrected chi connectivity index (χ0v) is 12.9. The van der Waals surface area contributed by atoms with E-state index >= 15 is 0 Å². The van der Waals surface area contributed by atoms with Gasteiger partial charge in [-0.05, 0) is 38.0 Å². The Balaban J connectivity index is 1.88. The average Bonchev–Trinajstić information content (AvgIpc) is 2.97. The molecule has 2 heterocycles. The van der Waals surface area contributed by atoms with Gasteiger partial charge in [-0.2, -0.15) is 5.10 Å². The SMILES string of the molecule is CCn1ncc2ccc(NC(=O)C3(C(=O)O)CCOCC3)cc21. The van der Waals surface area contributed by atoms with Crippen molar-refractivity contribution in [2.75, 3.05) is 18.5 Å². The van der Waals surface area contributed by atoms with Crippen LogP contribution in [0.25, 0.3) is 10.9 Å². The van der Waals surface area contributed by atoms with Crippen molar-refractivity contribution in [1.29, 1.82) is 0 Å². The average molecular weight is 317 g/mol. The van der Waals surface area contributed by atoms with E-state index in [4.69, 9.17) is 4.74 Å². The summed E-state index contributed by atoms with van der Waals surface area (Å²) in [6.07, 6.45) is 2.13. The number of hydrogen-bond donors (Lipinski definition) is 2. The summed E-state index contributed by atoms with van der Waals surface area (Å²) in [7, 11) is 0. The van der Waals surface area contributed by atoms with Gasteiger partial charge in [0.2, 0.25) is 5.91 Å². The van der Waals surface area contributed by atoms with Gasteiger partial charge in [0.15, 0.2) is 5.41 Å². The fourth-order valence-corrected chi connectivity index (χ4v) is 2.91. The first-order chi connectivity index (χ1) is 11.1. The number of carboxylic acid groups (broad SMARTS) is 1. The number of nitrogens with one attached hydrogen (secondary N) is 1. The lowest BCUT2D eigenvalue weighted by Gasteiger charge is -2.31. The second kappa shape index (κ2) is 6.00. The van der Waals surface area contributed by atoms with Crippen molar-refractivity contribution in [3.63, 3.8) is 0 Å². The summed E-state index contributed by atoms with van der Waals surface area (Å²) in [6, 6.07) is 5.44. The predicted molar refractivity (Wildman–Crippen MR) is 84.2 cm³/mol. The van der Waals surface area contributed by atoms with E-state index in [1.165, 1.54) is 0 Å². The van der Waals surface area contributed by atoms with Gasteiger partial charge in [0.1, 0.15) is 0 Å². The van der Waals surface area contributed by atoms with Gasteiger partial charge in [-0.3, -0.25) is 14.3 Å². The molecule has 122 valence electrons. The molecule has 1 amide bonds. The number of fused-ring (bicyclic) bond motifs is 1. The zero-order chi connectivity index (χ0) is 16.4. The maximum absolute atomic E-state index is 12.6. The largest absolute Gasteiger partial charge is 0.480 e. The summed E-state index contributed by atoms with van der Waals surface area (Å²) >= 11 is 0. The molecule has 0 spiro atoms. The highest BCUT2D eigenvalue weighted by atomic mass is 16.5. The van der Waals surface area contributed by atoms with Gasteiger partial charge in [0, 0.05) is 30.8 Å². The summed E-state index contributed by atoms with van der Waals surface area (Å²) in [5.74, 6) is -1.59. The molecule has 1 aromatic carbocycles. The molecule has 2 aromatic rings. The Morgan fingerprint density at radius 1 is 1.39 bits per heavy atom. The molecule has 2 N–H and O–H groups in total. The van der Waals surface area contributed by atoms with Crippen LogP contribution in [-0.2, 0) is 20.9 Å². The lowest BCUT2D eigenvalue weighted by atomic mass is 9.79. The van der Waals surface area contributed by atoms with E-state index in [1.807, 2.05) is 23.7 Å². The Kier molecular flexibility index (Phi) is 4.04. The fraction of sp³-hybridized carbons (Fsp3) is 0.438. The molecule has 0 saturated carbocycles. The highest BCUT2D eigenvalue weighted by Crippen LogP contribution is 2.33. The van der Waals surface area contributed by atoms with E-state index in [9.17, 15) is 14.7 Å². The molecule has 1 fully saturated rings. The van der Waals surface area contributed by atoms with E-state index in [1.54, 1.807) is 12.3 Å². The number of carbonyl (C=O) groups excluding carboxylic acids is 1. The van der Waals surface area contributed by atoms with Crippen LogP contribution in [0.2, 0.25) is 0 Å². The van der Waals surface area contributed by atoms with E-state index in [0.29, 0.717) is 5.69 Å². The van der Waals surface area contributed by atoms with E-state index in [0.717, 1.165) is 17.4 Å². The van der Waals surface area contributed by atoms with Crippen molar-refractivity contribution in [1.82, 2.24) is 9.78 Å². The fourth-order valence-electron chi connectivity index (χ4n) is 2.91. The Hall–Kier alpha value is -2.41. The van der Waals surface area contributed by atoms with Gasteiger partial charge in [-0.15, -0.1) is 0 Å². The molecular weight excluding hydrogens is 298 g/mol. The van der Waals surface area contributed by atoms with E-state index in [-0.39, 0.29) is 26.1 Å². The number of anilines is 1. The molecule has 1 aliphatic rings. The molecule has 1 saturated heterocycles. The minimum absolute atomic E-state index is 0.184. The van der Waals surface area contributed by atoms with Crippen molar-refractivity contribution >= 4 is 28.5 Å². The molecule has 1 aromatic heterocycles. The van der Waals surface area contributed by atoms with Gasteiger partial charge in [0.05, 0.1) is 11.7 Å². The smallest absolute Gasteiger partial charge is 0.319 e. The summed E-state index contributed by atoms with van der Waals surface area (Å²) in [4.78, 5) is 24.2. The summed E-state index contributed by atoms with van der Waals surface area (Å²) in [5.41, 5.74) is 0.0598. The Morgan fingerprint density at radius 3 is 2.78 bits per heavy atom. The van der Waals surface area contributed by atoms with Gasteiger partial charge in [-0.25, -0.2) is 0 Å². The molecule has 0 unspecified atom stereocenters. The van der Waals surface area contributed by atoms with Crippen LogP contribution in [-0.4, -0.2) is 40.0 Å². The molecule has 3 rings (SSSR count). The van der Waals surface area contributed by atoms with Crippen molar-refractivity contribution in [3.05, 3.63) is 24.4 Å². The number of benzene rings is 1. The summed E-state index contributed by atoms with van der Waals surface area (Å²) in [6.45, 7) is 3.26. The maximum Gasteiger partial charge on any atom is 0.319 e. The number of aromatic nitrogens is 2. The lowest BCUT2D eigenvalue weighted by Crippen LogP contribution is -2.47. The van der Waals surface area contributed by atoms with Crippen LogP contribution in [0.5, 0.6) is 0 Å². The number of carboxylic acids is 1. The number of aryl methyl sites for hydroxylation is 1. The highest BCUT2D eigenvalue weighted by molar-refractivity contribution is 6.08. The number of aliphatic carboxylic acids is 1. The molecular formula is C16H19N3O4. The molecule has 7 heteroatoms. The third-order valence-corrected chi connectivity index (χ3v) is 4.39. The van der Waals surface area contributed by atoms with Gasteiger partial charge < -0.3 is 15.2 Å². The van der Waals surface area contributed by atoms with Crippen LogP contribution in [0.4, 0.5) is 5.69 Å². The zero-order valence-electron chi connectivity index (χ0n) is 12.9. The van der Waals surface area contributed by atoms with E-state index < -0.39 is 17.3 Å². The van der Waals surface area contributed by atoms with Gasteiger partial charge >= 0.3 is 5.97 Å². The second-order valence-electron chi connectivity index (χ2n) is 5.69. The Bertz CT molecular complexity index is 747. The molecule has 0 atom stereocenters. The van der Waals surface area contributed by atoms with Crippen LogP contribution in [0.1, 0.15) is 19.8 Å². The number of nitrogens with zero attached hydrogens (tertiary/aromatic N) is 2. The van der Waals surface area contributed by atoms with E-state index in [2.05, 4.69) is 10.4 Å². The standard InChI is InChI=1S/C16H19N3O4/c1-2-19-13-9-12(4-3-11(13)10-17-19)18-14(20)16(15(21)22)5-7-23-8-6-16/h3-4,9-10H,2,5-8H2,1H3,(H,18,20)(H,21,22). The number of amides is 1. The quantitative estimate of drug-likeness (QED) is 0.840. The van der Waals surface area contributed by atoms with Crippen LogP contribution in [0.3, 0.4) is 0 Å². The van der Waals surface area contributed by atoms with Crippen LogP contribution < -0.4 is 5.32 Å². The van der Waals surface area contributed by atoms with Crippen molar-refractivity contribution in [3.8, 4) is 0 Å². The minimum Gasteiger partial charge on any atom is -0.480 e. The first-order valence-electron chi connectivity index (χ1n) is 7.65. The molecule has 0 bridgehead atoms. The first-order valence-corrected chi connectivity index (χ1v) is 7.65. The maximum atomic E-state index is 12.6. The molecule has 0 aliphatic carbocycles. The Labute approximate surface area is 133 Å². The van der Waals surface area contributed by atoms with Crippen LogP contribution >= 0.6 is 0 Å². The molecule has 0 radical (unpaired) electrons. The lowest BCUT2D eigenvalue weighted by molar-refractivity contribution is -0.160. The van der Waals surface area contributed by atoms with Crippen LogP contribution in [0, 0.1) is 5.41 Å². The Morgan fingerprint density at radius 2 is 2.13 bits per heavy atom. The predicted octanol–water partition coefficient (Wildman–Crippen LogP) is 1.88. The molecule has 1 aliphatic heterocycles. The third-order valence-electron chi connectivity index (χ3n) is 4.39. The highest BCUT2D eigenvalue weighted by Gasteiger charge is 2.47. The number of rotatable bonds is 4. The van der Waals surface area contributed by atoms with Crippen molar-refractivity contribution < 1.29 is 19.4 Å². The number of carbonyl (C=O) groups is 2. The first kappa shape index (κ1) is 15.5. The molecule has 23 heavy (non-hydrogen) atoms. The second-order valence-corrected chi connectivity index (χ2v) is 5.69. The van der Waals surface area contributed by atoms with Crippen LogP contribution in [0.15, 0.2) is 24.4 Å². The molecule has 7 nitrogen and oxygen atoms in total. The van der Waals surface area contributed by atoms with Gasteiger partial charge in [0.25, 0.3) is 0 Å².